The van der Waals surface area contributed by atoms with Gasteiger partial charge in [0.1, 0.15) is 5.75 Å². The van der Waals surface area contributed by atoms with E-state index in [1.807, 2.05) is 31.0 Å². The van der Waals surface area contributed by atoms with E-state index in [0.29, 0.717) is 17.9 Å². The van der Waals surface area contributed by atoms with E-state index in [2.05, 4.69) is 5.32 Å². The predicted octanol–water partition coefficient (Wildman–Crippen LogP) is 4.56. The molecular formula is C19H22F3N2O2P. The zero-order chi connectivity index (χ0) is 19.9. The summed E-state index contributed by atoms with van der Waals surface area (Å²) in [7, 11) is 2.07. The van der Waals surface area contributed by atoms with Gasteiger partial charge in [-0.05, 0) is 55.5 Å². The van der Waals surface area contributed by atoms with Crippen molar-refractivity contribution < 1.29 is 22.5 Å². The molecule has 1 N–H and O–H groups in total. The molecule has 0 radical (unpaired) electrons. The number of nitrogens with zero attached hydrogens (tertiary/aromatic N) is 1. The fourth-order valence-corrected chi connectivity index (χ4v) is 3.15. The van der Waals surface area contributed by atoms with Crippen LogP contribution in [-0.2, 0) is 6.18 Å². The molecule has 2 aromatic carbocycles. The van der Waals surface area contributed by atoms with Crippen LogP contribution in [0.25, 0.3) is 0 Å². The van der Waals surface area contributed by atoms with Gasteiger partial charge in [-0.2, -0.15) is 13.2 Å². The topological polar surface area (TPSA) is 41.6 Å². The molecule has 0 aliphatic heterocycles. The van der Waals surface area contributed by atoms with Crippen molar-refractivity contribution in [3.05, 3.63) is 59.7 Å². The predicted molar refractivity (Wildman–Crippen MR) is 103 cm³/mol. The van der Waals surface area contributed by atoms with Gasteiger partial charge in [0, 0.05) is 37.5 Å². The minimum Gasteiger partial charge on any atom is -0.477 e. The lowest BCUT2D eigenvalue weighted by molar-refractivity contribution is -0.137. The van der Waals surface area contributed by atoms with Gasteiger partial charge in [-0.25, -0.2) is 0 Å². The highest BCUT2D eigenvalue weighted by molar-refractivity contribution is 7.32. The van der Waals surface area contributed by atoms with E-state index in [1.54, 1.807) is 12.1 Å². The molecule has 0 aliphatic rings. The first-order valence-corrected chi connectivity index (χ1v) is 9.59. The Morgan fingerprint density at radius 2 is 1.74 bits per heavy atom. The summed E-state index contributed by atoms with van der Waals surface area (Å²) in [5, 5.41) is 2.75. The fourth-order valence-electron chi connectivity index (χ4n) is 2.32. The van der Waals surface area contributed by atoms with Crippen LogP contribution < -0.4 is 14.7 Å². The molecule has 0 aliphatic carbocycles. The van der Waals surface area contributed by atoms with Crippen molar-refractivity contribution >= 4 is 20.4 Å². The molecule has 2 aromatic rings. The average Bonchev–Trinajstić information content (AvgIpc) is 2.65. The van der Waals surface area contributed by atoms with Gasteiger partial charge in [0.25, 0.3) is 5.91 Å². The SMILES string of the molecule is CCNC(=O)c1ccc(N(C)CCPOc2ccc(C(F)(F)F)cc2)cc1. The van der Waals surface area contributed by atoms with E-state index in [0.717, 1.165) is 30.5 Å². The lowest BCUT2D eigenvalue weighted by Gasteiger charge is -2.19. The van der Waals surface area contributed by atoms with Crippen molar-refractivity contribution in [3.8, 4) is 5.75 Å². The Bertz CT molecular complexity index is 734. The Kier molecular flexibility index (Phi) is 7.48. The molecule has 0 heterocycles. The summed E-state index contributed by atoms with van der Waals surface area (Å²) in [6.45, 7) is 3.17. The maximum atomic E-state index is 12.5. The zero-order valence-electron chi connectivity index (χ0n) is 15.1. The van der Waals surface area contributed by atoms with Crippen molar-refractivity contribution in [1.29, 1.82) is 0 Å². The Morgan fingerprint density at radius 3 is 2.30 bits per heavy atom. The van der Waals surface area contributed by atoms with Gasteiger partial charge in [0.15, 0.2) is 0 Å². The van der Waals surface area contributed by atoms with Gasteiger partial charge in [-0.1, -0.05) is 0 Å². The molecule has 0 aromatic heterocycles. The highest BCUT2D eigenvalue weighted by Crippen LogP contribution is 2.31. The molecule has 0 spiro atoms. The number of benzene rings is 2. The van der Waals surface area contributed by atoms with Crippen LogP contribution in [0.3, 0.4) is 0 Å². The number of hydrogen-bond acceptors (Lipinski definition) is 3. The lowest BCUT2D eigenvalue weighted by atomic mass is 10.2. The highest BCUT2D eigenvalue weighted by atomic mass is 31.1. The molecule has 1 amide bonds. The average molecular weight is 398 g/mol. The summed E-state index contributed by atoms with van der Waals surface area (Å²) in [6, 6.07) is 12.0. The summed E-state index contributed by atoms with van der Waals surface area (Å²) in [5.74, 6) is 0.327. The maximum absolute atomic E-state index is 12.5. The Hall–Kier alpha value is -2.27. The summed E-state index contributed by atoms with van der Waals surface area (Å²) >= 11 is 0. The summed E-state index contributed by atoms with van der Waals surface area (Å²) in [5.41, 5.74) is 0.901. The number of alkyl halides is 3. The first-order valence-electron chi connectivity index (χ1n) is 8.47. The largest absolute Gasteiger partial charge is 0.477 e. The molecular weight excluding hydrogens is 376 g/mol. The van der Waals surface area contributed by atoms with Gasteiger partial charge in [0.05, 0.1) is 14.4 Å². The van der Waals surface area contributed by atoms with Crippen LogP contribution in [0.5, 0.6) is 5.75 Å². The van der Waals surface area contributed by atoms with Crippen LogP contribution in [0.15, 0.2) is 48.5 Å². The number of halogens is 3. The number of carbonyl (C=O) groups is 1. The molecule has 2 rings (SSSR count). The molecule has 0 bridgehead atoms. The quantitative estimate of drug-likeness (QED) is 0.524. The van der Waals surface area contributed by atoms with Crippen molar-refractivity contribution in [1.82, 2.24) is 5.32 Å². The Morgan fingerprint density at radius 1 is 1.11 bits per heavy atom. The number of amides is 1. The first kappa shape index (κ1) is 21.0. The van der Waals surface area contributed by atoms with Crippen molar-refractivity contribution in [2.24, 2.45) is 0 Å². The van der Waals surface area contributed by atoms with E-state index in [4.69, 9.17) is 4.52 Å². The first-order chi connectivity index (χ1) is 12.8. The van der Waals surface area contributed by atoms with Crippen LogP contribution >= 0.6 is 8.81 Å². The van der Waals surface area contributed by atoms with E-state index >= 15 is 0 Å². The summed E-state index contributed by atoms with van der Waals surface area (Å²) < 4.78 is 43.1. The van der Waals surface area contributed by atoms with Gasteiger partial charge >= 0.3 is 6.18 Å². The summed E-state index contributed by atoms with van der Waals surface area (Å²) in [4.78, 5) is 13.8. The van der Waals surface area contributed by atoms with Crippen LogP contribution in [-0.4, -0.2) is 32.2 Å². The number of hydrogen-bond donors (Lipinski definition) is 1. The molecule has 0 saturated carbocycles. The molecule has 146 valence electrons. The maximum Gasteiger partial charge on any atom is 0.416 e. The third-order valence-corrected chi connectivity index (χ3v) is 4.64. The third kappa shape index (κ3) is 6.43. The second kappa shape index (κ2) is 9.60. The molecule has 0 saturated heterocycles. The molecule has 8 heteroatoms. The molecule has 1 atom stereocenters. The van der Waals surface area contributed by atoms with Crippen molar-refractivity contribution in [2.75, 3.05) is 31.2 Å². The minimum atomic E-state index is -4.34. The van der Waals surface area contributed by atoms with E-state index < -0.39 is 11.7 Å². The van der Waals surface area contributed by atoms with Crippen molar-refractivity contribution in [3.63, 3.8) is 0 Å². The number of carbonyl (C=O) groups excluding carboxylic acids is 1. The zero-order valence-corrected chi connectivity index (χ0v) is 16.1. The minimum absolute atomic E-state index is 0.0990. The smallest absolute Gasteiger partial charge is 0.416 e. The van der Waals surface area contributed by atoms with Crippen LogP contribution in [0.2, 0.25) is 0 Å². The highest BCUT2D eigenvalue weighted by Gasteiger charge is 2.29. The molecule has 27 heavy (non-hydrogen) atoms. The Labute approximate surface area is 158 Å². The lowest BCUT2D eigenvalue weighted by Crippen LogP contribution is -2.23. The van der Waals surface area contributed by atoms with Crippen LogP contribution in [0, 0.1) is 0 Å². The third-order valence-electron chi connectivity index (χ3n) is 3.83. The summed E-state index contributed by atoms with van der Waals surface area (Å²) in [6.07, 6.45) is -3.61. The normalized spacial score (nSPS) is 11.6. The van der Waals surface area contributed by atoms with Gasteiger partial charge in [-0.15, -0.1) is 0 Å². The second-order valence-corrected chi connectivity index (χ2v) is 6.84. The molecule has 0 fully saturated rings. The fraction of sp³-hybridized carbons (Fsp3) is 0.316. The van der Waals surface area contributed by atoms with Gasteiger partial charge in [0.2, 0.25) is 0 Å². The van der Waals surface area contributed by atoms with Gasteiger partial charge in [-0.3, -0.25) is 4.79 Å². The van der Waals surface area contributed by atoms with E-state index in [9.17, 15) is 18.0 Å². The second-order valence-electron chi connectivity index (χ2n) is 5.85. The molecule has 1 unspecified atom stereocenters. The number of nitrogens with one attached hydrogen (secondary N) is 1. The Balaban J connectivity index is 1.77. The standard InChI is InChI=1S/C19H22F3N2O2P/c1-3-23-18(25)14-4-8-16(9-5-14)24(2)12-13-27-26-17-10-6-15(7-11-17)19(20,21)22/h4-11,27H,3,12-13H2,1-2H3,(H,23,25). The van der Waals surface area contributed by atoms with E-state index in [1.165, 1.54) is 12.1 Å². The number of anilines is 1. The van der Waals surface area contributed by atoms with Gasteiger partial charge < -0.3 is 14.7 Å². The number of rotatable bonds is 8. The van der Waals surface area contributed by atoms with E-state index in [-0.39, 0.29) is 14.7 Å². The van der Waals surface area contributed by atoms with Crippen molar-refractivity contribution in [2.45, 2.75) is 13.1 Å². The molecule has 4 nitrogen and oxygen atoms in total. The van der Waals surface area contributed by atoms with Crippen LogP contribution in [0.1, 0.15) is 22.8 Å². The van der Waals surface area contributed by atoms with Crippen LogP contribution in [0.4, 0.5) is 18.9 Å². The monoisotopic (exact) mass is 398 g/mol.